The molecule has 1 aromatic carbocycles. The first-order valence-electron chi connectivity index (χ1n) is 11.6. The number of imide groups is 1. The third-order valence-corrected chi connectivity index (χ3v) is 7.43. The molecule has 0 bridgehead atoms. The average Bonchev–Trinajstić information content (AvgIpc) is 3.23. The Morgan fingerprint density at radius 2 is 1.79 bits per heavy atom. The molecule has 1 aromatic heterocycles. The van der Waals surface area contributed by atoms with E-state index < -0.39 is 30.0 Å². The second-order valence-electron chi connectivity index (χ2n) is 8.84. The number of nitrogens with one attached hydrogen (secondary N) is 2. The van der Waals surface area contributed by atoms with Crippen molar-refractivity contribution in [2.24, 2.45) is 0 Å². The van der Waals surface area contributed by atoms with Crippen LogP contribution in [-0.2, 0) is 14.3 Å². The number of urea groups is 1. The maximum Gasteiger partial charge on any atom is 0.341 e. The lowest BCUT2D eigenvalue weighted by Gasteiger charge is -2.30. The second kappa shape index (κ2) is 9.58. The van der Waals surface area contributed by atoms with Gasteiger partial charge in [0.05, 0.1) is 6.61 Å². The van der Waals surface area contributed by atoms with Crippen molar-refractivity contribution in [3.8, 4) is 11.1 Å². The summed E-state index contributed by atoms with van der Waals surface area (Å²) >= 11 is 1.27. The van der Waals surface area contributed by atoms with Crippen molar-refractivity contribution in [1.29, 1.82) is 0 Å². The highest BCUT2D eigenvalue weighted by Gasteiger charge is 2.51. The number of anilines is 1. The van der Waals surface area contributed by atoms with E-state index in [2.05, 4.69) is 10.6 Å². The fraction of sp³-hybridized carbons (Fsp3) is 0.440. The Labute approximate surface area is 202 Å². The van der Waals surface area contributed by atoms with Crippen LogP contribution in [0.15, 0.2) is 24.3 Å². The van der Waals surface area contributed by atoms with Crippen LogP contribution in [-0.4, -0.2) is 47.4 Å². The van der Waals surface area contributed by atoms with Crippen molar-refractivity contribution in [1.82, 2.24) is 10.2 Å². The van der Waals surface area contributed by atoms with Gasteiger partial charge >= 0.3 is 12.0 Å². The summed E-state index contributed by atoms with van der Waals surface area (Å²) in [6.45, 7) is 5.36. The van der Waals surface area contributed by atoms with Crippen molar-refractivity contribution in [3.63, 3.8) is 0 Å². The SMILES string of the molecule is CCOC(=O)c1c(NC(=O)CN2C(=O)NC3(CCCCC3)C2=O)sc(C)c1-c1ccc(C)cc1. The van der Waals surface area contributed by atoms with Crippen molar-refractivity contribution in [2.45, 2.75) is 58.4 Å². The molecule has 1 aliphatic heterocycles. The van der Waals surface area contributed by atoms with Crippen LogP contribution in [0.5, 0.6) is 0 Å². The van der Waals surface area contributed by atoms with Gasteiger partial charge in [0, 0.05) is 10.4 Å². The summed E-state index contributed by atoms with van der Waals surface area (Å²) in [4.78, 5) is 53.2. The summed E-state index contributed by atoms with van der Waals surface area (Å²) in [5.74, 6) is -1.42. The van der Waals surface area contributed by atoms with Crippen LogP contribution < -0.4 is 10.6 Å². The first-order chi connectivity index (χ1) is 16.3. The molecular formula is C25H29N3O5S. The summed E-state index contributed by atoms with van der Waals surface area (Å²) < 4.78 is 5.28. The molecule has 0 unspecified atom stereocenters. The van der Waals surface area contributed by atoms with Crippen LogP contribution in [0, 0.1) is 13.8 Å². The van der Waals surface area contributed by atoms with E-state index in [0.29, 0.717) is 23.4 Å². The Morgan fingerprint density at radius 3 is 2.44 bits per heavy atom. The molecule has 1 saturated carbocycles. The molecule has 2 aliphatic rings. The molecule has 0 atom stereocenters. The number of nitrogens with zero attached hydrogens (tertiary/aromatic N) is 1. The number of carbonyl (C=O) groups is 4. The zero-order valence-corrected chi connectivity index (χ0v) is 20.5. The molecule has 180 valence electrons. The van der Waals surface area contributed by atoms with Crippen molar-refractivity contribution >= 4 is 40.2 Å². The highest BCUT2D eigenvalue weighted by Crippen LogP contribution is 2.40. The summed E-state index contributed by atoms with van der Waals surface area (Å²) in [6.07, 6.45) is 3.94. The number of ether oxygens (including phenoxy) is 1. The highest BCUT2D eigenvalue weighted by atomic mass is 32.1. The number of benzene rings is 1. The predicted molar refractivity (Wildman–Crippen MR) is 130 cm³/mol. The van der Waals surface area contributed by atoms with Crippen molar-refractivity contribution in [3.05, 3.63) is 40.3 Å². The number of rotatable bonds is 6. The Hall–Kier alpha value is -3.20. The molecule has 9 heteroatoms. The molecule has 2 aromatic rings. The molecule has 1 aliphatic carbocycles. The van der Waals surface area contributed by atoms with Crippen LogP contribution in [0.25, 0.3) is 11.1 Å². The highest BCUT2D eigenvalue weighted by molar-refractivity contribution is 7.17. The summed E-state index contributed by atoms with van der Waals surface area (Å²) in [5.41, 5.74) is 2.03. The Kier molecular flexibility index (Phi) is 6.74. The van der Waals surface area contributed by atoms with E-state index in [1.165, 1.54) is 11.3 Å². The van der Waals surface area contributed by atoms with Crippen LogP contribution in [0.4, 0.5) is 9.80 Å². The lowest BCUT2D eigenvalue weighted by atomic mass is 9.82. The van der Waals surface area contributed by atoms with Gasteiger partial charge in [0.1, 0.15) is 22.6 Å². The summed E-state index contributed by atoms with van der Waals surface area (Å²) in [7, 11) is 0. The lowest BCUT2D eigenvalue weighted by Crippen LogP contribution is -2.48. The molecule has 2 N–H and O–H groups in total. The smallest absolute Gasteiger partial charge is 0.341 e. The fourth-order valence-electron chi connectivity index (χ4n) is 4.72. The minimum atomic E-state index is -0.885. The molecule has 8 nitrogen and oxygen atoms in total. The fourth-order valence-corrected chi connectivity index (χ4v) is 5.80. The zero-order chi connectivity index (χ0) is 24.5. The van der Waals surface area contributed by atoms with Gasteiger partial charge in [0.15, 0.2) is 0 Å². The van der Waals surface area contributed by atoms with Gasteiger partial charge in [0.2, 0.25) is 5.91 Å². The van der Waals surface area contributed by atoms with Crippen LogP contribution in [0.1, 0.15) is 59.8 Å². The third kappa shape index (κ3) is 4.44. The molecule has 2 heterocycles. The van der Waals surface area contributed by atoms with Gasteiger partial charge in [-0.3, -0.25) is 14.5 Å². The molecule has 4 amide bonds. The molecule has 2 fully saturated rings. The summed E-state index contributed by atoms with van der Waals surface area (Å²) in [5, 5.41) is 5.91. The van der Waals surface area contributed by atoms with Gasteiger partial charge in [-0.05, 0) is 39.2 Å². The largest absolute Gasteiger partial charge is 0.462 e. The van der Waals surface area contributed by atoms with Crippen molar-refractivity contribution < 1.29 is 23.9 Å². The molecule has 1 spiro atoms. The van der Waals surface area contributed by atoms with Crippen molar-refractivity contribution in [2.75, 3.05) is 18.5 Å². The number of hydrogen-bond donors (Lipinski definition) is 2. The van der Waals surface area contributed by atoms with E-state index in [-0.39, 0.29) is 18.1 Å². The number of carbonyl (C=O) groups excluding carboxylic acids is 4. The molecule has 0 radical (unpaired) electrons. The predicted octanol–water partition coefficient (Wildman–Crippen LogP) is 4.40. The normalized spacial score (nSPS) is 17.1. The number of thiophene rings is 1. The van der Waals surface area contributed by atoms with E-state index in [4.69, 9.17) is 4.74 Å². The van der Waals surface area contributed by atoms with Gasteiger partial charge in [0.25, 0.3) is 5.91 Å². The van der Waals surface area contributed by atoms with Gasteiger partial charge in [-0.1, -0.05) is 49.1 Å². The lowest BCUT2D eigenvalue weighted by molar-refractivity contribution is -0.134. The Balaban J connectivity index is 1.58. The Morgan fingerprint density at radius 1 is 1.12 bits per heavy atom. The maximum absolute atomic E-state index is 13.0. The van der Waals surface area contributed by atoms with E-state index in [1.54, 1.807) is 6.92 Å². The first-order valence-corrected chi connectivity index (χ1v) is 12.4. The van der Waals surface area contributed by atoms with Crippen LogP contribution in [0.3, 0.4) is 0 Å². The number of amides is 4. The van der Waals surface area contributed by atoms with Gasteiger partial charge in [-0.15, -0.1) is 11.3 Å². The molecule has 34 heavy (non-hydrogen) atoms. The van der Waals surface area contributed by atoms with Gasteiger partial charge in [-0.2, -0.15) is 0 Å². The Bertz CT molecular complexity index is 1130. The molecule has 1 saturated heterocycles. The topological polar surface area (TPSA) is 105 Å². The number of esters is 1. The van der Waals surface area contributed by atoms with Gasteiger partial charge < -0.3 is 15.4 Å². The third-order valence-electron chi connectivity index (χ3n) is 6.41. The van der Waals surface area contributed by atoms with Crippen LogP contribution >= 0.6 is 11.3 Å². The monoisotopic (exact) mass is 483 g/mol. The number of aryl methyl sites for hydroxylation is 2. The van der Waals surface area contributed by atoms with E-state index in [0.717, 1.165) is 40.2 Å². The second-order valence-corrected chi connectivity index (χ2v) is 10.1. The van der Waals surface area contributed by atoms with E-state index in [1.807, 2.05) is 38.1 Å². The standard InChI is InChI=1S/C25H29N3O5S/c1-4-33-22(30)20-19(17-10-8-15(2)9-11-17)16(3)34-21(20)26-18(29)14-28-23(31)25(27-24(28)32)12-6-5-7-13-25/h8-11H,4-7,12-14H2,1-3H3,(H,26,29)(H,27,32). The van der Waals surface area contributed by atoms with E-state index in [9.17, 15) is 19.2 Å². The minimum Gasteiger partial charge on any atom is -0.462 e. The van der Waals surface area contributed by atoms with Crippen LogP contribution in [0.2, 0.25) is 0 Å². The minimum absolute atomic E-state index is 0.193. The molecular weight excluding hydrogens is 454 g/mol. The first kappa shape index (κ1) is 23.9. The molecule has 4 rings (SSSR count). The quantitative estimate of drug-likeness (QED) is 0.468. The summed E-state index contributed by atoms with van der Waals surface area (Å²) in [6, 6.07) is 7.22. The van der Waals surface area contributed by atoms with Gasteiger partial charge in [-0.25, -0.2) is 9.59 Å². The zero-order valence-electron chi connectivity index (χ0n) is 19.7. The maximum atomic E-state index is 13.0. The van der Waals surface area contributed by atoms with E-state index >= 15 is 0 Å². The average molecular weight is 484 g/mol. The number of hydrogen-bond acceptors (Lipinski definition) is 6.